The molecule has 0 bridgehead atoms. The summed E-state index contributed by atoms with van der Waals surface area (Å²) in [5, 5.41) is 4.01. The van der Waals surface area contributed by atoms with Crippen molar-refractivity contribution < 1.29 is 31.8 Å². The number of benzene rings is 5. The summed E-state index contributed by atoms with van der Waals surface area (Å²) in [5.74, 6) is -3.18. The van der Waals surface area contributed by atoms with Gasteiger partial charge in [-0.2, -0.15) is 0 Å². The number of amidine groups is 1. The molecule has 1 N–H and O–H groups in total. The van der Waals surface area contributed by atoms with E-state index in [4.69, 9.17) is 35.2 Å². The maximum Gasteiger partial charge on any atom is 0.304 e. The second-order valence-corrected chi connectivity index (χ2v) is 14.0. The monoisotopic (exact) mass is 739 g/mol. The number of aliphatic imine (C=N–C) groups is 1. The van der Waals surface area contributed by atoms with Crippen molar-refractivity contribution in [3.8, 4) is 23.0 Å². The van der Waals surface area contributed by atoms with Crippen LogP contribution >= 0.6 is 11.6 Å². The van der Waals surface area contributed by atoms with Gasteiger partial charge in [-0.1, -0.05) is 66.2 Å². The first kappa shape index (κ1) is 36.1. The molecule has 0 fully saturated rings. The Morgan fingerprint density at radius 1 is 0.774 bits per heavy atom. The molecule has 1 aromatic heterocycles. The van der Waals surface area contributed by atoms with Gasteiger partial charge in [0.25, 0.3) is 0 Å². The number of aromatic nitrogens is 1. The van der Waals surface area contributed by atoms with Gasteiger partial charge in [0.1, 0.15) is 46.4 Å². The van der Waals surface area contributed by atoms with Crippen molar-refractivity contribution in [3.05, 3.63) is 148 Å². The zero-order valence-corrected chi connectivity index (χ0v) is 30.5. The van der Waals surface area contributed by atoms with Crippen LogP contribution < -0.4 is 14.8 Å². The Bertz CT molecular complexity index is 2250. The van der Waals surface area contributed by atoms with Gasteiger partial charge in [0.05, 0.1) is 14.2 Å². The van der Waals surface area contributed by atoms with E-state index in [1.54, 1.807) is 32.4 Å². The molecule has 7 nitrogen and oxygen atoms in total. The van der Waals surface area contributed by atoms with Crippen molar-refractivity contribution in [1.29, 1.82) is 0 Å². The molecule has 0 saturated carbocycles. The molecule has 0 amide bonds. The molecule has 5 aromatic carbocycles. The highest BCUT2D eigenvalue weighted by atomic mass is 35.5. The number of alkyl halides is 2. The van der Waals surface area contributed by atoms with Crippen LogP contribution in [0.5, 0.6) is 11.5 Å². The maximum atomic E-state index is 17.1. The fraction of sp³-hybridized carbons (Fsp3) is 0.238. The van der Waals surface area contributed by atoms with Gasteiger partial charge in [0, 0.05) is 22.2 Å². The molecule has 0 spiro atoms. The predicted molar refractivity (Wildman–Crippen MR) is 200 cm³/mol. The molecule has 0 radical (unpaired) electrons. The van der Waals surface area contributed by atoms with Crippen molar-refractivity contribution >= 4 is 28.5 Å². The van der Waals surface area contributed by atoms with Gasteiger partial charge in [-0.05, 0) is 92.1 Å². The summed E-state index contributed by atoms with van der Waals surface area (Å²) >= 11 is 6.15. The zero-order valence-electron chi connectivity index (χ0n) is 29.7. The summed E-state index contributed by atoms with van der Waals surface area (Å²) in [6.07, 6.45) is 0. The molecule has 2 heterocycles. The Kier molecular flexibility index (Phi) is 9.24. The van der Waals surface area contributed by atoms with Crippen LogP contribution in [0.4, 0.5) is 13.2 Å². The average Bonchev–Trinajstić information content (AvgIpc) is 3.57. The number of halogens is 4. The predicted octanol–water partition coefficient (Wildman–Crippen LogP) is 9.94. The SMILES string of the molecule is COc1ccc(C(NC2=N[C@](C)(c3cc(-c4nc5ccc(Cl)cc5o4)ccc3F)C(F)(F)C(C)(C)OC2)(c2ccccc2)c2ccc(OC)cc2)cc1. The highest BCUT2D eigenvalue weighted by Crippen LogP contribution is 2.51. The lowest BCUT2D eigenvalue weighted by Gasteiger charge is -2.42. The van der Waals surface area contributed by atoms with Crippen molar-refractivity contribution in [3.63, 3.8) is 0 Å². The average molecular weight is 740 g/mol. The smallest absolute Gasteiger partial charge is 0.304 e. The van der Waals surface area contributed by atoms with Crippen LogP contribution in [-0.4, -0.2) is 43.2 Å². The lowest BCUT2D eigenvalue weighted by Crippen LogP contribution is -2.56. The number of nitrogens with zero attached hydrogens (tertiary/aromatic N) is 2. The molecule has 6 aromatic rings. The third-order valence-electron chi connectivity index (χ3n) is 9.97. The van der Waals surface area contributed by atoms with Crippen molar-refractivity contribution in [1.82, 2.24) is 10.3 Å². The van der Waals surface area contributed by atoms with Crippen LogP contribution in [0.1, 0.15) is 43.0 Å². The van der Waals surface area contributed by atoms with Crippen LogP contribution in [0.15, 0.2) is 125 Å². The Hall–Kier alpha value is -5.32. The van der Waals surface area contributed by atoms with Crippen LogP contribution in [0.2, 0.25) is 5.02 Å². The quantitative estimate of drug-likeness (QED) is 0.157. The van der Waals surface area contributed by atoms with E-state index in [9.17, 15) is 0 Å². The molecule has 11 heteroatoms. The van der Waals surface area contributed by atoms with E-state index >= 15 is 13.2 Å². The molecule has 1 aliphatic heterocycles. The Morgan fingerprint density at radius 3 is 1.98 bits per heavy atom. The minimum Gasteiger partial charge on any atom is -0.497 e. The van der Waals surface area contributed by atoms with Crippen LogP contribution in [0.25, 0.3) is 22.6 Å². The number of rotatable bonds is 8. The van der Waals surface area contributed by atoms with E-state index in [0.29, 0.717) is 27.6 Å². The van der Waals surface area contributed by atoms with Gasteiger partial charge in [0.15, 0.2) is 11.1 Å². The number of nitrogens with one attached hydrogen (secondary N) is 1. The third kappa shape index (κ3) is 6.19. The molecule has 1 aliphatic rings. The van der Waals surface area contributed by atoms with E-state index < -0.39 is 28.4 Å². The van der Waals surface area contributed by atoms with Crippen LogP contribution in [0.3, 0.4) is 0 Å². The first-order valence-electron chi connectivity index (χ1n) is 16.9. The second kappa shape index (κ2) is 13.6. The normalized spacial score (nSPS) is 18.2. The summed E-state index contributed by atoms with van der Waals surface area (Å²) in [6.45, 7) is 3.46. The topological polar surface area (TPSA) is 78.1 Å². The number of hydrogen-bond acceptors (Lipinski definition) is 7. The summed E-state index contributed by atoms with van der Waals surface area (Å²) in [6, 6.07) is 33.3. The lowest BCUT2D eigenvalue weighted by molar-refractivity contribution is -0.214. The molecule has 0 unspecified atom stereocenters. The largest absolute Gasteiger partial charge is 0.497 e. The molecule has 272 valence electrons. The van der Waals surface area contributed by atoms with E-state index in [-0.39, 0.29) is 29.5 Å². The Morgan fingerprint density at radius 2 is 1.38 bits per heavy atom. The maximum absolute atomic E-state index is 17.1. The summed E-state index contributed by atoms with van der Waals surface area (Å²) in [4.78, 5) is 9.29. The molecule has 0 saturated heterocycles. The van der Waals surface area contributed by atoms with Gasteiger partial charge in [-0.15, -0.1) is 0 Å². The first-order chi connectivity index (χ1) is 25.3. The van der Waals surface area contributed by atoms with E-state index in [2.05, 4.69) is 10.3 Å². The summed E-state index contributed by atoms with van der Waals surface area (Å²) < 4.78 is 73.3. The first-order valence-corrected chi connectivity index (χ1v) is 17.3. The summed E-state index contributed by atoms with van der Waals surface area (Å²) in [5.41, 5.74) is -2.70. The third-order valence-corrected chi connectivity index (χ3v) is 10.2. The van der Waals surface area contributed by atoms with E-state index in [1.165, 1.54) is 32.9 Å². The van der Waals surface area contributed by atoms with Gasteiger partial charge in [0.2, 0.25) is 5.89 Å². The number of hydrogen-bond donors (Lipinski definition) is 1. The summed E-state index contributed by atoms with van der Waals surface area (Å²) in [7, 11) is 3.16. The highest BCUT2D eigenvalue weighted by molar-refractivity contribution is 6.31. The van der Waals surface area contributed by atoms with E-state index in [1.807, 2.05) is 78.9 Å². The van der Waals surface area contributed by atoms with Gasteiger partial charge in [-0.25, -0.2) is 18.2 Å². The van der Waals surface area contributed by atoms with Crippen molar-refractivity contribution in [2.45, 2.75) is 43.4 Å². The molecular formula is C42H37ClF3N3O4. The lowest BCUT2D eigenvalue weighted by atomic mass is 9.76. The Balaban J connectivity index is 1.45. The van der Waals surface area contributed by atoms with Gasteiger partial charge >= 0.3 is 5.92 Å². The molecule has 1 atom stereocenters. The number of ether oxygens (including phenoxy) is 3. The number of fused-ring (bicyclic) bond motifs is 1. The second-order valence-electron chi connectivity index (χ2n) is 13.5. The van der Waals surface area contributed by atoms with Gasteiger partial charge < -0.3 is 23.9 Å². The molecule has 7 rings (SSSR count). The molecule has 53 heavy (non-hydrogen) atoms. The van der Waals surface area contributed by atoms with Gasteiger partial charge in [-0.3, -0.25) is 4.99 Å². The standard InChI is InChI=1S/C42H37ClF3N3O4/c1-39(2)42(45,46)40(3,33-23-26(11-21-34(33)44)38-47-35-22-16-30(43)24-36(35)53-38)48-37(25-52-39)49-41(27-9-7-6-8-10-27,28-12-17-31(50-4)18-13-28)29-14-19-32(51-5)20-15-29/h6-24H,25H2,1-5H3,(H,48,49)/t40-/m1/s1. The van der Waals surface area contributed by atoms with Crippen molar-refractivity contribution in [2.75, 3.05) is 20.8 Å². The molecular weight excluding hydrogens is 703 g/mol. The highest BCUT2D eigenvalue weighted by Gasteiger charge is 2.64. The van der Waals surface area contributed by atoms with Crippen molar-refractivity contribution in [2.24, 2.45) is 4.99 Å². The fourth-order valence-corrected chi connectivity index (χ4v) is 7.11. The number of methoxy groups -OCH3 is 2. The van der Waals surface area contributed by atoms with E-state index in [0.717, 1.165) is 22.8 Å². The molecule has 0 aliphatic carbocycles. The number of oxazole rings is 1. The zero-order chi connectivity index (χ0) is 37.6. The fourth-order valence-electron chi connectivity index (χ4n) is 6.95. The van der Waals surface area contributed by atoms with Crippen LogP contribution in [-0.2, 0) is 15.8 Å². The minimum absolute atomic E-state index is 0.0644. The Labute approximate surface area is 310 Å². The van der Waals surface area contributed by atoms with Crippen LogP contribution in [0, 0.1) is 5.82 Å². The minimum atomic E-state index is -3.74.